The maximum atomic E-state index is 10.5. The molecule has 1 N–H and O–H groups in total. The minimum absolute atomic E-state index is 0.0964. The topological polar surface area (TPSA) is 85.0 Å². The summed E-state index contributed by atoms with van der Waals surface area (Å²) in [7, 11) is 0. The number of nitro groups is 1. The fraction of sp³-hybridized carbons (Fsp3) is 0.100. The molecule has 1 aromatic carbocycles. The average Bonchev–Trinajstić information content (AvgIpc) is 2.27. The average molecular weight is 222 g/mol. The molecule has 0 atom stereocenters. The molecule has 0 saturated carbocycles. The van der Waals surface area contributed by atoms with E-state index in [4.69, 9.17) is 9.94 Å². The first-order chi connectivity index (χ1) is 7.69. The van der Waals surface area contributed by atoms with E-state index in [1.807, 2.05) is 0 Å². The normalized spacial score (nSPS) is 10.2. The first-order valence-corrected chi connectivity index (χ1v) is 4.38. The van der Waals surface area contributed by atoms with Gasteiger partial charge in [0.15, 0.2) is 0 Å². The second kappa shape index (κ2) is 5.50. The second-order valence-corrected chi connectivity index (χ2v) is 2.82. The van der Waals surface area contributed by atoms with Gasteiger partial charge in [0.25, 0.3) is 5.69 Å². The van der Waals surface area contributed by atoms with Gasteiger partial charge >= 0.3 is 0 Å². The third kappa shape index (κ3) is 2.81. The highest BCUT2D eigenvalue weighted by atomic mass is 16.6. The number of ether oxygens (including phenoxy) is 1. The standard InChI is InChI=1S/C10H10N2O4/c1-2-5-16-10-4-3-9(12(14)15)6-8(10)7-11-13/h2-4,6-7,13H,1,5H2. The van der Waals surface area contributed by atoms with Crippen LogP contribution in [0.2, 0.25) is 0 Å². The Hall–Kier alpha value is -2.37. The summed E-state index contributed by atoms with van der Waals surface area (Å²) in [6.45, 7) is 3.75. The highest BCUT2D eigenvalue weighted by Gasteiger charge is 2.10. The van der Waals surface area contributed by atoms with Crippen molar-refractivity contribution in [2.45, 2.75) is 0 Å². The Morgan fingerprint density at radius 1 is 1.62 bits per heavy atom. The molecule has 0 radical (unpaired) electrons. The molecule has 0 heterocycles. The van der Waals surface area contributed by atoms with Crippen LogP contribution in [0.15, 0.2) is 36.0 Å². The molecular formula is C10H10N2O4. The summed E-state index contributed by atoms with van der Waals surface area (Å²) in [5, 5.41) is 21.8. The fourth-order valence-corrected chi connectivity index (χ4v) is 1.09. The third-order valence-corrected chi connectivity index (χ3v) is 1.76. The predicted octanol–water partition coefficient (Wildman–Crippen LogP) is 1.97. The molecule has 0 saturated heterocycles. The monoisotopic (exact) mass is 222 g/mol. The van der Waals surface area contributed by atoms with Crippen molar-refractivity contribution in [3.63, 3.8) is 0 Å². The number of rotatable bonds is 5. The van der Waals surface area contributed by atoms with E-state index in [-0.39, 0.29) is 12.3 Å². The molecule has 0 aliphatic carbocycles. The number of benzene rings is 1. The van der Waals surface area contributed by atoms with Crippen LogP contribution in [0, 0.1) is 10.1 Å². The molecular weight excluding hydrogens is 212 g/mol. The number of oxime groups is 1. The molecule has 6 heteroatoms. The zero-order valence-corrected chi connectivity index (χ0v) is 8.37. The van der Waals surface area contributed by atoms with Gasteiger partial charge in [-0.2, -0.15) is 0 Å². The largest absolute Gasteiger partial charge is 0.489 e. The summed E-state index contributed by atoms with van der Waals surface area (Å²) in [5.74, 6) is 0.392. The van der Waals surface area contributed by atoms with Gasteiger partial charge in [0, 0.05) is 17.7 Å². The van der Waals surface area contributed by atoms with Gasteiger partial charge in [0.05, 0.1) is 11.1 Å². The summed E-state index contributed by atoms with van der Waals surface area (Å²) in [6, 6.07) is 4.02. The van der Waals surface area contributed by atoms with Gasteiger partial charge in [-0.3, -0.25) is 10.1 Å². The molecule has 0 aliphatic rings. The Labute approximate surface area is 91.6 Å². The van der Waals surface area contributed by atoms with Crippen LogP contribution in [0.4, 0.5) is 5.69 Å². The Morgan fingerprint density at radius 2 is 2.38 bits per heavy atom. The zero-order valence-electron chi connectivity index (χ0n) is 8.37. The minimum atomic E-state index is -0.536. The van der Waals surface area contributed by atoms with Crippen LogP contribution in [0.25, 0.3) is 0 Å². The smallest absolute Gasteiger partial charge is 0.270 e. The number of nitrogens with zero attached hydrogens (tertiary/aromatic N) is 2. The first kappa shape index (κ1) is 11.7. The van der Waals surface area contributed by atoms with Crippen LogP contribution in [0.5, 0.6) is 5.75 Å². The van der Waals surface area contributed by atoms with Crippen molar-refractivity contribution in [3.05, 3.63) is 46.5 Å². The van der Waals surface area contributed by atoms with Gasteiger partial charge in [-0.1, -0.05) is 17.8 Å². The second-order valence-electron chi connectivity index (χ2n) is 2.82. The van der Waals surface area contributed by atoms with Gasteiger partial charge in [-0.25, -0.2) is 0 Å². The molecule has 0 bridgehead atoms. The maximum absolute atomic E-state index is 10.5. The summed E-state index contributed by atoms with van der Waals surface area (Å²) in [5.41, 5.74) is 0.236. The van der Waals surface area contributed by atoms with Crippen molar-refractivity contribution in [1.29, 1.82) is 0 Å². The van der Waals surface area contributed by atoms with Crippen molar-refractivity contribution >= 4 is 11.9 Å². The van der Waals surface area contributed by atoms with Crippen LogP contribution in [0.3, 0.4) is 0 Å². The highest BCUT2D eigenvalue weighted by molar-refractivity contribution is 5.84. The highest BCUT2D eigenvalue weighted by Crippen LogP contribution is 2.22. The van der Waals surface area contributed by atoms with E-state index in [2.05, 4.69) is 11.7 Å². The molecule has 0 aromatic heterocycles. The van der Waals surface area contributed by atoms with Crippen molar-refractivity contribution in [2.75, 3.05) is 6.61 Å². The fourth-order valence-electron chi connectivity index (χ4n) is 1.09. The lowest BCUT2D eigenvalue weighted by Crippen LogP contribution is -1.98. The number of hydrogen-bond donors (Lipinski definition) is 1. The predicted molar refractivity (Wildman–Crippen MR) is 58.2 cm³/mol. The van der Waals surface area contributed by atoms with E-state index in [0.29, 0.717) is 11.3 Å². The van der Waals surface area contributed by atoms with Crippen LogP contribution in [0.1, 0.15) is 5.56 Å². The molecule has 0 spiro atoms. The van der Waals surface area contributed by atoms with E-state index in [0.717, 1.165) is 6.21 Å². The molecule has 1 aromatic rings. The lowest BCUT2D eigenvalue weighted by atomic mass is 10.2. The lowest BCUT2D eigenvalue weighted by Gasteiger charge is -2.05. The minimum Gasteiger partial charge on any atom is -0.489 e. The molecule has 0 unspecified atom stereocenters. The number of non-ortho nitro benzene ring substituents is 1. The maximum Gasteiger partial charge on any atom is 0.270 e. The molecule has 0 amide bonds. The van der Waals surface area contributed by atoms with E-state index < -0.39 is 4.92 Å². The third-order valence-electron chi connectivity index (χ3n) is 1.76. The Kier molecular flexibility index (Phi) is 4.02. The van der Waals surface area contributed by atoms with Crippen LogP contribution in [-0.2, 0) is 0 Å². The van der Waals surface area contributed by atoms with E-state index in [1.165, 1.54) is 18.2 Å². The zero-order chi connectivity index (χ0) is 12.0. The summed E-state index contributed by atoms with van der Waals surface area (Å²) in [6.07, 6.45) is 2.62. The van der Waals surface area contributed by atoms with Crippen LogP contribution < -0.4 is 4.74 Å². The summed E-state index contributed by atoms with van der Waals surface area (Å²) < 4.78 is 5.23. The van der Waals surface area contributed by atoms with Crippen molar-refractivity contribution in [3.8, 4) is 5.75 Å². The van der Waals surface area contributed by atoms with Crippen molar-refractivity contribution in [2.24, 2.45) is 5.16 Å². The van der Waals surface area contributed by atoms with E-state index >= 15 is 0 Å². The van der Waals surface area contributed by atoms with Crippen molar-refractivity contribution in [1.82, 2.24) is 0 Å². The molecule has 1 rings (SSSR count). The van der Waals surface area contributed by atoms with E-state index in [9.17, 15) is 10.1 Å². The lowest BCUT2D eigenvalue weighted by molar-refractivity contribution is -0.384. The van der Waals surface area contributed by atoms with Gasteiger partial charge in [0.2, 0.25) is 0 Å². The Morgan fingerprint density at radius 3 is 2.94 bits per heavy atom. The molecule has 0 fully saturated rings. The van der Waals surface area contributed by atoms with E-state index in [1.54, 1.807) is 6.08 Å². The first-order valence-electron chi connectivity index (χ1n) is 4.38. The Bertz CT molecular complexity index is 429. The summed E-state index contributed by atoms with van der Waals surface area (Å²) >= 11 is 0. The quantitative estimate of drug-likeness (QED) is 0.271. The number of hydrogen-bond acceptors (Lipinski definition) is 5. The van der Waals surface area contributed by atoms with Crippen LogP contribution >= 0.6 is 0 Å². The SMILES string of the molecule is C=CCOc1ccc([N+](=O)[O-])cc1C=NO. The van der Waals surface area contributed by atoms with Crippen molar-refractivity contribution < 1.29 is 14.9 Å². The van der Waals surface area contributed by atoms with Gasteiger partial charge in [0.1, 0.15) is 12.4 Å². The van der Waals surface area contributed by atoms with Gasteiger partial charge in [-0.15, -0.1) is 0 Å². The van der Waals surface area contributed by atoms with Gasteiger partial charge < -0.3 is 9.94 Å². The van der Waals surface area contributed by atoms with Crippen LogP contribution in [-0.4, -0.2) is 23.0 Å². The Balaban J connectivity index is 3.08. The van der Waals surface area contributed by atoms with Gasteiger partial charge in [-0.05, 0) is 6.07 Å². The molecule has 84 valence electrons. The molecule has 6 nitrogen and oxygen atoms in total. The summed E-state index contributed by atoms with van der Waals surface area (Å²) in [4.78, 5) is 9.99. The number of nitro benzene ring substituents is 1. The molecule has 0 aliphatic heterocycles. The molecule has 16 heavy (non-hydrogen) atoms.